The van der Waals surface area contributed by atoms with Crippen molar-refractivity contribution in [1.29, 1.82) is 0 Å². The monoisotopic (exact) mass is 199 g/mol. The van der Waals surface area contributed by atoms with Crippen LogP contribution in [-0.2, 0) is 10.3 Å². The van der Waals surface area contributed by atoms with Crippen molar-refractivity contribution in [3.05, 3.63) is 17.1 Å². The van der Waals surface area contributed by atoms with Gasteiger partial charge in [-0.3, -0.25) is 0 Å². The zero-order valence-corrected chi connectivity index (χ0v) is 8.38. The average molecular weight is 199 g/mol. The quantitative estimate of drug-likeness (QED) is 0.743. The SMILES string of the molecule is CC1COCCC1(O)c1ccns1. The van der Waals surface area contributed by atoms with Crippen molar-refractivity contribution in [3.63, 3.8) is 0 Å². The van der Waals surface area contributed by atoms with E-state index in [2.05, 4.69) is 4.37 Å². The topological polar surface area (TPSA) is 42.4 Å². The van der Waals surface area contributed by atoms with Gasteiger partial charge in [-0.25, -0.2) is 4.37 Å². The smallest absolute Gasteiger partial charge is 0.107 e. The number of hydrogen-bond acceptors (Lipinski definition) is 4. The van der Waals surface area contributed by atoms with Crippen LogP contribution in [0.2, 0.25) is 0 Å². The van der Waals surface area contributed by atoms with Crippen LogP contribution in [-0.4, -0.2) is 22.7 Å². The standard InChI is InChI=1S/C9H13NO2S/c1-7-6-12-5-3-9(7,11)8-2-4-10-13-8/h2,4,7,11H,3,5-6H2,1H3. The van der Waals surface area contributed by atoms with Crippen LogP contribution in [0.1, 0.15) is 18.2 Å². The van der Waals surface area contributed by atoms with E-state index in [-0.39, 0.29) is 5.92 Å². The first kappa shape index (κ1) is 9.12. The molecule has 3 nitrogen and oxygen atoms in total. The lowest BCUT2D eigenvalue weighted by atomic mass is 9.83. The number of rotatable bonds is 1. The summed E-state index contributed by atoms with van der Waals surface area (Å²) in [6, 6.07) is 1.90. The molecule has 1 aromatic rings. The maximum Gasteiger partial charge on any atom is 0.107 e. The third-order valence-corrected chi connectivity index (χ3v) is 3.59. The van der Waals surface area contributed by atoms with Crippen LogP contribution in [0, 0.1) is 5.92 Å². The van der Waals surface area contributed by atoms with E-state index in [1.165, 1.54) is 11.5 Å². The van der Waals surface area contributed by atoms with Gasteiger partial charge in [-0.15, -0.1) is 0 Å². The van der Waals surface area contributed by atoms with Crippen molar-refractivity contribution >= 4 is 11.5 Å². The first-order valence-electron chi connectivity index (χ1n) is 4.45. The summed E-state index contributed by atoms with van der Waals surface area (Å²) < 4.78 is 9.32. The number of aromatic nitrogens is 1. The average Bonchev–Trinajstić information content (AvgIpc) is 2.63. The van der Waals surface area contributed by atoms with Gasteiger partial charge in [0.2, 0.25) is 0 Å². The first-order valence-corrected chi connectivity index (χ1v) is 5.22. The van der Waals surface area contributed by atoms with Gasteiger partial charge < -0.3 is 9.84 Å². The highest BCUT2D eigenvalue weighted by atomic mass is 32.1. The predicted octanol–water partition coefficient (Wildman–Crippen LogP) is 1.39. The van der Waals surface area contributed by atoms with Gasteiger partial charge in [-0.05, 0) is 17.6 Å². The van der Waals surface area contributed by atoms with E-state index >= 15 is 0 Å². The Morgan fingerprint density at radius 1 is 1.77 bits per heavy atom. The summed E-state index contributed by atoms with van der Waals surface area (Å²) in [4.78, 5) is 0.961. The molecule has 0 aliphatic carbocycles. The summed E-state index contributed by atoms with van der Waals surface area (Å²) in [6.45, 7) is 3.28. The molecular weight excluding hydrogens is 186 g/mol. The van der Waals surface area contributed by atoms with Crippen molar-refractivity contribution in [2.24, 2.45) is 5.92 Å². The van der Waals surface area contributed by atoms with Crippen molar-refractivity contribution < 1.29 is 9.84 Å². The van der Waals surface area contributed by atoms with Gasteiger partial charge in [0.25, 0.3) is 0 Å². The molecule has 2 rings (SSSR count). The zero-order chi connectivity index (χ0) is 9.31. The first-order chi connectivity index (χ1) is 6.23. The van der Waals surface area contributed by atoms with Crippen LogP contribution >= 0.6 is 11.5 Å². The Bertz CT molecular complexity index is 275. The van der Waals surface area contributed by atoms with Gasteiger partial charge in [0.15, 0.2) is 0 Å². The maximum atomic E-state index is 10.4. The minimum atomic E-state index is -0.709. The van der Waals surface area contributed by atoms with Gasteiger partial charge in [-0.1, -0.05) is 6.92 Å². The molecule has 2 unspecified atom stereocenters. The summed E-state index contributed by atoms with van der Waals surface area (Å²) in [5.41, 5.74) is -0.709. The van der Waals surface area contributed by atoms with Gasteiger partial charge in [-0.2, -0.15) is 0 Å². The lowest BCUT2D eigenvalue weighted by Crippen LogP contribution is -2.40. The molecule has 13 heavy (non-hydrogen) atoms. The Kier molecular flexibility index (Phi) is 2.36. The van der Waals surface area contributed by atoms with Crippen molar-refractivity contribution in [3.8, 4) is 0 Å². The van der Waals surface area contributed by atoms with Crippen molar-refractivity contribution in [1.82, 2.24) is 4.37 Å². The third-order valence-electron chi connectivity index (χ3n) is 2.68. The van der Waals surface area contributed by atoms with Gasteiger partial charge in [0.1, 0.15) is 5.60 Å². The normalized spacial score (nSPS) is 34.8. The van der Waals surface area contributed by atoms with E-state index in [4.69, 9.17) is 4.74 Å². The summed E-state index contributed by atoms with van der Waals surface area (Å²) in [7, 11) is 0. The molecule has 1 aliphatic rings. The van der Waals surface area contributed by atoms with E-state index < -0.39 is 5.60 Å². The summed E-state index contributed by atoms with van der Waals surface area (Å²) >= 11 is 1.38. The molecule has 0 bridgehead atoms. The van der Waals surface area contributed by atoms with Crippen LogP contribution in [0.3, 0.4) is 0 Å². The number of ether oxygens (including phenoxy) is 1. The fourth-order valence-electron chi connectivity index (χ4n) is 1.68. The second-order valence-corrected chi connectivity index (χ2v) is 4.36. The van der Waals surface area contributed by atoms with E-state index in [1.807, 2.05) is 13.0 Å². The molecule has 2 heterocycles. The Morgan fingerprint density at radius 3 is 3.23 bits per heavy atom. The fraction of sp³-hybridized carbons (Fsp3) is 0.667. The van der Waals surface area contributed by atoms with Crippen LogP contribution < -0.4 is 0 Å². The number of nitrogens with zero attached hydrogens (tertiary/aromatic N) is 1. The number of hydrogen-bond donors (Lipinski definition) is 1. The molecule has 1 aromatic heterocycles. The molecule has 1 saturated heterocycles. The van der Waals surface area contributed by atoms with Crippen LogP contribution in [0.15, 0.2) is 12.3 Å². The van der Waals surface area contributed by atoms with E-state index in [9.17, 15) is 5.11 Å². The Morgan fingerprint density at radius 2 is 2.62 bits per heavy atom. The molecule has 2 atom stereocenters. The molecule has 4 heteroatoms. The zero-order valence-electron chi connectivity index (χ0n) is 7.56. The fourth-order valence-corrected chi connectivity index (χ4v) is 2.50. The van der Waals surface area contributed by atoms with Crippen molar-refractivity contribution in [2.75, 3.05) is 13.2 Å². The molecular formula is C9H13NO2S. The molecule has 0 radical (unpaired) electrons. The van der Waals surface area contributed by atoms with Gasteiger partial charge in [0.05, 0.1) is 11.5 Å². The summed E-state index contributed by atoms with van der Waals surface area (Å²) in [5.74, 6) is 0.154. The Balaban J connectivity index is 2.27. The lowest BCUT2D eigenvalue weighted by molar-refractivity contribution is -0.109. The van der Waals surface area contributed by atoms with E-state index in [1.54, 1.807) is 6.20 Å². The largest absolute Gasteiger partial charge is 0.384 e. The Labute approximate surface area is 81.5 Å². The van der Waals surface area contributed by atoms with Crippen LogP contribution in [0.4, 0.5) is 0 Å². The highest BCUT2D eigenvalue weighted by Gasteiger charge is 2.39. The molecule has 1 N–H and O–H groups in total. The predicted molar refractivity (Wildman–Crippen MR) is 50.6 cm³/mol. The molecule has 0 saturated carbocycles. The minimum absolute atomic E-state index is 0.154. The van der Waals surface area contributed by atoms with Gasteiger partial charge in [0, 0.05) is 25.1 Å². The summed E-state index contributed by atoms with van der Waals surface area (Å²) in [6.07, 6.45) is 2.41. The summed E-state index contributed by atoms with van der Waals surface area (Å²) in [5, 5.41) is 10.4. The lowest BCUT2D eigenvalue weighted by Gasteiger charge is -2.36. The Hall–Kier alpha value is -0.450. The molecule has 0 amide bonds. The van der Waals surface area contributed by atoms with E-state index in [0.717, 1.165) is 4.88 Å². The molecule has 72 valence electrons. The highest BCUT2D eigenvalue weighted by Crippen LogP contribution is 2.37. The molecule has 0 spiro atoms. The molecule has 1 aliphatic heterocycles. The van der Waals surface area contributed by atoms with E-state index in [0.29, 0.717) is 19.6 Å². The minimum Gasteiger partial charge on any atom is -0.384 e. The van der Waals surface area contributed by atoms with Crippen LogP contribution in [0.25, 0.3) is 0 Å². The van der Waals surface area contributed by atoms with Gasteiger partial charge >= 0.3 is 0 Å². The molecule has 0 aromatic carbocycles. The third kappa shape index (κ3) is 1.49. The second-order valence-electron chi connectivity index (χ2n) is 3.53. The number of aliphatic hydroxyl groups is 1. The van der Waals surface area contributed by atoms with Crippen LogP contribution in [0.5, 0.6) is 0 Å². The molecule has 1 fully saturated rings. The highest BCUT2D eigenvalue weighted by molar-refractivity contribution is 7.05. The van der Waals surface area contributed by atoms with Crippen molar-refractivity contribution in [2.45, 2.75) is 18.9 Å². The second kappa shape index (κ2) is 3.36. The maximum absolute atomic E-state index is 10.4.